The van der Waals surface area contributed by atoms with Crippen LogP contribution in [-0.4, -0.2) is 35.5 Å². The average Bonchev–Trinajstić information content (AvgIpc) is 3.30. The summed E-state index contributed by atoms with van der Waals surface area (Å²) in [4.78, 5) is 25.2. The van der Waals surface area contributed by atoms with Crippen molar-refractivity contribution >= 4 is 12.0 Å². The highest BCUT2D eigenvalue weighted by atomic mass is 16.5. The average molecular weight is 489 g/mol. The third-order valence-electron chi connectivity index (χ3n) is 6.15. The molecule has 2 N–H and O–H groups in total. The molecule has 1 aliphatic heterocycles. The number of rotatable bonds is 8. The van der Waals surface area contributed by atoms with E-state index in [1.807, 2.05) is 61.7 Å². The maximum Gasteiger partial charge on any atom is 0.337 e. The molecular weight excluding hydrogens is 456 g/mol. The molecule has 2 amide bonds. The zero-order valence-corrected chi connectivity index (χ0v) is 21.3. The smallest absolute Gasteiger partial charge is 0.337 e. The highest BCUT2D eigenvalue weighted by Crippen LogP contribution is 2.36. The van der Waals surface area contributed by atoms with E-state index in [9.17, 15) is 9.59 Å². The van der Waals surface area contributed by atoms with E-state index >= 15 is 0 Å². The van der Waals surface area contributed by atoms with Crippen LogP contribution in [0.15, 0.2) is 66.0 Å². The lowest BCUT2D eigenvalue weighted by atomic mass is 9.93. The molecule has 8 nitrogen and oxygen atoms in total. The Kier molecular flexibility index (Phi) is 7.43. The Balaban J connectivity index is 1.81. The van der Waals surface area contributed by atoms with Crippen LogP contribution in [0.3, 0.4) is 0 Å². The number of benzene rings is 2. The van der Waals surface area contributed by atoms with Crippen LogP contribution < -0.4 is 15.4 Å². The SMILES string of the molecule is COC(=O)C1=C(C)NC(=O)NC1c1cn(-c2ccccc2)nc1-c1ccc(OCCC(C)C)c(C)c1. The van der Waals surface area contributed by atoms with E-state index in [0.29, 0.717) is 35.1 Å². The lowest BCUT2D eigenvalue weighted by molar-refractivity contribution is -0.136. The first-order valence-electron chi connectivity index (χ1n) is 12.0. The van der Waals surface area contributed by atoms with Crippen LogP contribution in [0.4, 0.5) is 4.79 Å². The Morgan fingerprint density at radius 2 is 1.89 bits per heavy atom. The van der Waals surface area contributed by atoms with E-state index in [1.165, 1.54) is 7.11 Å². The van der Waals surface area contributed by atoms with Gasteiger partial charge in [-0.05, 0) is 62.1 Å². The molecule has 188 valence electrons. The van der Waals surface area contributed by atoms with Gasteiger partial charge in [0, 0.05) is 23.0 Å². The first kappa shape index (κ1) is 25.0. The summed E-state index contributed by atoms with van der Waals surface area (Å²) >= 11 is 0. The second kappa shape index (κ2) is 10.7. The third kappa shape index (κ3) is 5.27. The first-order chi connectivity index (χ1) is 17.3. The topological polar surface area (TPSA) is 94.5 Å². The summed E-state index contributed by atoms with van der Waals surface area (Å²) in [5.41, 5.74) is 4.79. The molecule has 1 aromatic heterocycles. The number of esters is 1. The normalized spacial score (nSPS) is 15.5. The molecular formula is C28H32N4O4. The summed E-state index contributed by atoms with van der Waals surface area (Å²) in [6.07, 6.45) is 2.82. The molecule has 0 spiro atoms. The number of hydrogen-bond donors (Lipinski definition) is 2. The molecule has 1 unspecified atom stereocenters. The summed E-state index contributed by atoms with van der Waals surface area (Å²) in [7, 11) is 1.33. The highest BCUT2D eigenvalue weighted by molar-refractivity contribution is 5.95. The second-order valence-corrected chi connectivity index (χ2v) is 9.29. The number of allylic oxidation sites excluding steroid dienone is 1. The van der Waals surface area contributed by atoms with Crippen LogP contribution in [0.1, 0.15) is 44.4 Å². The zero-order chi connectivity index (χ0) is 25.8. The van der Waals surface area contributed by atoms with E-state index < -0.39 is 18.0 Å². The minimum atomic E-state index is -0.735. The van der Waals surface area contributed by atoms with E-state index in [-0.39, 0.29) is 0 Å². The van der Waals surface area contributed by atoms with Gasteiger partial charge in [-0.2, -0.15) is 5.10 Å². The summed E-state index contributed by atoms with van der Waals surface area (Å²) in [6, 6.07) is 14.5. The Hall–Kier alpha value is -4.07. The van der Waals surface area contributed by atoms with Crippen LogP contribution in [-0.2, 0) is 9.53 Å². The van der Waals surface area contributed by atoms with Crippen molar-refractivity contribution in [1.29, 1.82) is 0 Å². The fraction of sp³-hybridized carbons (Fsp3) is 0.321. The van der Waals surface area contributed by atoms with Gasteiger partial charge in [0.2, 0.25) is 0 Å². The van der Waals surface area contributed by atoms with E-state index in [0.717, 1.165) is 29.0 Å². The Labute approximate surface area is 211 Å². The van der Waals surface area contributed by atoms with Gasteiger partial charge >= 0.3 is 12.0 Å². The van der Waals surface area contributed by atoms with Gasteiger partial charge in [-0.1, -0.05) is 32.0 Å². The molecule has 8 heteroatoms. The summed E-state index contributed by atoms with van der Waals surface area (Å²) in [5.74, 6) is 0.868. The van der Waals surface area contributed by atoms with Crippen molar-refractivity contribution in [2.45, 2.75) is 40.2 Å². The second-order valence-electron chi connectivity index (χ2n) is 9.29. The number of para-hydroxylation sites is 1. The molecule has 2 aromatic carbocycles. The van der Waals surface area contributed by atoms with Gasteiger partial charge in [0.15, 0.2) is 0 Å². The van der Waals surface area contributed by atoms with E-state index in [4.69, 9.17) is 14.6 Å². The Bertz CT molecular complexity index is 1290. The van der Waals surface area contributed by atoms with Gasteiger partial charge < -0.3 is 20.1 Å². The number of urea groups is 1. The summed E-state index contributed by atoms with van der Waals surface area (Å²) < 4.78 is 12.8. The van der Waals surface area contributed by atoms with Gasteiger partial charge in [-0.3, -0.25) is 0 Å². The van der Waals surface area contributed by atoms with Crippen LogP contribution in [0.25, 0.3) is 16.9 Å². The molecule has 0 bridgehead atoms. The van der Waals surface area contributed by atoms with Crippen LogP contribution in [0.2, 0.25) is 0 Å². The minimum Gasteiger partial charge on any atom is -0.493 e. The van der Waals surface area contributed by atoms with Gasteiger partial charge in [-0.25, -0.2) is 14.3 Å². The zero-order valence-electron chi connectivity index (χ0n) is 21.3. The number of ether oxygens (including phenoxy) is 2. The molecule has 0 saturated heterocycles. The van der Waals surface area contributed by atoms with E-state index in [2.05, 4.69) is 24.5 Å². The number of nitrogens with one attached hydrogen (secondary N) is 2. The molecule has 0 aliphatic carbocycles. The fourth-order valence-corrected chi connectivity index (χ4v) is 4.21. The van der Waals surface area contributed by atoms with Gasteiger partial charge in [0.25, 0.3) is 0 Å². The van der Waals surface area contributed by atoms with Crippen LogP contribution in [0.5, 0.6) is 5.75 Å². The maximum absolute atomic E-state index is 12.7. The summed E-state index contributed by atoms with van der Waals surface area (Å²) in [6.45, 7) is 8.68. The molecule has 0 radical (unpaired) electrons. The van der Waals surface area contributed by atoms with Crippen LogP contribution >= 0.6 is 0 Å². The molecule has 3 aromatic rings. The maximum atomic E-state index is 12.7. The van der Waals surface area contributed by atoms with Crippen molar-refractivity contribution in [2.24, 2.45) is 5.92 Å². The van der Waals surface area contributed by atoms with Crippen molar-refractivity contribution in [2.75, 3.05) is 13.7 Å². The lowest BCUT2D eigenvalue weighted by Crippen LogP contribution is -2.45. The standard InChI is InChI=1S/C28H32N4O4/c1-17(2)13-14-36-23-12-11-20(15-18(23)3)25-22(16-32(31-25)21-9-7-6-8-10-21)26-24(27(33)35-5)19(4)29-28(34)30-26/h6-12,15-17,26H,13-14H2,1-5H3,(H2,29,30,34). The molecule has 4 rings (SSSR count). The number of nitrogens with zero attached hydrogens (tertiary/aromatic N) is 2. The van der Waals surface area contributed by atoms with E-state index in [1.54, 1.807) is 11.6 Å². The molecule has 0 fully saturated rings. The fourth-order valence-electron chi connectivity index (χ4n) is 4.21. The van der Waals surface area contributed by atoms with Crippen molar-refractivity contribution in [3.63, 3.8) is 0 Å². The predicted octanol–water partition coefficient (Wildman–Crippen LogP) is 5.07. The highest BCUT2D eigenvalue weighted by Gasteiger charge is 2.35. The van der Waals surface area contributed by atoms with Gasteiger partial charge in [-0.15, -0.1) is 0 Å². The molecule has 1 aliphatic rings. The third-order valence-corrected chi connectivity index (χ3v) is 6.15. The number of hydrogen-bond acceptors (Lipinski definition) is 5. The summed E-state index contributed by atoms with van der Waals surface area (Å²) in [5, 5.41) is 10.4. The number of amides is 2. The Morgan fingerprint density at radius 1 is 1.14 bits per heavy atom. The number of aromatic nitrogens is 2. The number of carbonyl (C=O) groups is 2. The lowest BCUT2D eigenvalue weighted by Gasteiger charge is -2.27. The molecule has 1 atom stereocenters. The monoisotopic (exact) mass is 488 g/mol. The number of carbonyl (C=O) groups excluding carboxylic acids is 2. The predicted molar refractivity (Wildman–Crippen MR) is 138 cm³/mol. The van der Waals surface area contributed by atoms with Gasteiger partial charge in [0.05, 0.1) is 36.7 Å². The molecule has 0 saturated carbocycles. The quantitative estimate of drug-likeness (QED) is 0.432. The molecule has 36 heavy (non-hydrogen) atoms. The number of methoxy groups -OCH3 is 1. The Morgan fingerprint density at radius 3 is 2.56 bits per heavy atom. The first-order valence-corrected chi connectivity index (χ1v) is 12.0. The van der Waals surface area contributed by atoms with Crippen molar-refractivity contribution in [3.05, 3.63) is 77.1 Å². The van der Waals surface area contributed by atoms with Crippen LogP contribution in [0, 0.1) is 12.8 Å². The number of aryl methyl sites for hydroxylation is 1. The van der Waals surface area contributed by atoms with Crippen molar-refractivity contribution in [3.8, 4) is 22.7 Å². The largest absolute Gasteiger partial charge is 0.493 e. The van der Waals surface area contributed by atoms with Crippen molar-refractivity contribution < 1.29 is 19.1 Å². The molecule has 2 heterocycles. The van der Waals surface area contributed by atoms with Gasteiger partial charge in [0.1, 0.15) is 5.75 Å². The van der Waals surface area contributed by atoms with Crippen molar-refractivity contribution in [1.82, 2.24) is 20.4 Å². The minimum absolute atomic E-state index is 0.330.